The number of aliphatic hydroxyl groups excluding tert-OH is 1. The third-order valence-corrected chi connectivity index (χ3v) is 4.85. The fourth-order valence-electron chi connectivity index (χ4n) is 3.21. The monoisotopic (exact) mass is 362 g/mol. The van der Waals surface area contributed by atoms with Gasteiger partial charge in [0.15, 0.2) is 0 Å². The van der Waals surface area contributed by atoms with Gasteiger partial charge in [0.25, 0.3) is 0 Å². The summed E-state index contributed by atoms with van der Waals surface area (Å²) in [6.45, 7) is 3.19. The molecule has 2 N–H and O–H groups in total. The van der Waals surface area contributed by atoms with E-state index in [0.29, 0.717) is 12.8 Å². The second kappa shape index (κ2) is 12.6. The zero-order valence-corrected chi connectivity index (χ0v) is 16.3. The third kappa shape index (κ3) is 8.56. The van der Waals surface area contributed by atoms with Crippen molar-refractivity contribution < 1.29 is 9.90 Å². The molecule has 5 heteroatoms. The van der Waals surface area contributed by atoms with Crippen molar-refractivity contribution in [2.75, 3.05) is 13.2 Å². The molecule has 0 radical (unpaired) electrons. The molecule has 146 valence electrons. The molecule has 0 aliphatic carbocycles. The van der Waals surface area contributed by atoms with Gasteiger partial charge >= 0.3 is 0 Å². The van der Waals surface area contributed by atoms with Gasteiger partial charge in [-0.05, 0) is 36.8 Å². The van der Waals surface area contributed by atoms with E-state index in [9.17, 15) is 14.8 Å². The molecular weight excluding hydrogens is 328 g/mol. The number of nitroso groups, excluding NO2 is 1. The number of carbonyl (C=O) groups is 1. The average Bonchev–Trinajstić information content (AvgIpc) is 2.63. The van der Waals surface area contributed by atoms with Gasteiger partial charge in [-0.25, -0.2) is 0 Å². The lowest BCUT2D eigenvalue weighted by atomic mass is 9.91. The summed E-state index contributed by atoms with van der Waals surface area (Å²) >= 11 is 0. The minimum absolute atomic E-state index is 0.126. The number of aryl methyl sites for hydroxylation is 2. The summed E-state index contributed by atoms with van der Waals surface area (Å²) in [5, 5.41) is 15.2. The Hall–Kier alpha value is -1.75. The van der Waals surface area contributed by atoms with E-state index in [1.807, 2.05) is 0 Å². The van der Waals surface area contributed by atoms with Crippen LogP contribution in [0.5, 0.6) is 0 Å². The van der Waals surface area contributed by atoms with Crippen molar-refractivity contribution in [2.45, 2.75) is 77.2 Å². The van der Waals surface area contributed by atoms with Crippen LogP contribution in [-0.2, 0) is 17.6 Å². The van der Waals surface area contributed by atoms with Gasteiger partial charge in [-0.15, -0.1) is 0 Å². The highest BCUT2D eigenvalue weighted by molar-refractivity contribution is 5.73. The summed E-state index contributed by atoms with van der Waals surface area (Å²) in [6, 6.07) is 8.49. The molecule has 1 aromatic carbocycles. The van der Waals surface area contributed by atoms with Gasteiger partial charge in [0.05, 0.1) is 12.1 Å². The molecule has 1 atom stereocenters. The van der Waals surface area contributed by atoms with Gasteiger partial charge in [0.1, 0.15) is 6.54 Å². The zero-order valence-electron chi connectivity index (χ0n) is 16.3. The molecule has 5 nitrogen and oxygen atoms in total. The molecule has 26 heavy (non-hydrogen) atoms. The topological polar surface area (TPSA) is 78.8 Å². The molecule has 0 bridgehead atoms. The first kappa shape index (κ1) is 22.3. The second-order valence-electron chi connectivity index (χ2n) is 7.24. The summed E-state index contributed by atoms with van der Waals surface area (Å²) in [5.74, 6) is -0.267. The molecule has 1 amide bonds. The summed E-state index contributed by atoms with van der Waals surface area (Å²) in [5.41, 5.74) is 1.50. The van der Waals surface area contributed by atoms with Crippen molar-refractivity contribution >= 4 is 5.91 Å². The van der Waals surface area contributed by atoms with Crippen molar-refractivity contribution in [2.24, 2.45) is 5.18 Å². The third-order valence-electron chi connectivity index (χ3n) is 4.85. The Bertz CT molecular complexity index is 531. The van der Waals surface area contributed by atoms with E-state index in [2.05, 4.69) is 41.7 Å². The van der Waals surface area contributed by atoms with Crippen molar-refractivity contribution in [3.63, 3.8) is 0 Å². The largest absolute Gasteiger partial charge is 0.394 e. The Balaban J connectivity index is 2.47. The Kier molecular flexibility index (Phi) is 10.8. The molecule has 0 saturated carbocycles. The van der Waals surface area contributed by atoms with Gasteiger partial charge in [-0.1, -0.05) is 68.5 Å². The van der Waals surface area contributed by atoms with Crippen LogP contribution in [-0.4, -0.2) is 29.7 Å². The highest BCUT2D eigenvalue weighted by Gasteiger charge is 2.30. The molecule has 1 unspecified atom stereocenters. The van der Waals surface area contributed by atoms with E-state index in [1.54, 1.807) is 0 Å². The van der Waals surface area contributed by atoms with E-state index < -0.39 is 5.54 Å². The van der Waals surface area contributed by atoms with Gasteiger partial charge in [-0.3, -0.25) is 4.79 Å². The van der Waals surface area contributed by atoms with Crippen molar-refractivity contribution in [1.29, 1.82) is 0 Å². The van der Waals surface area contributed by atoms with Gasteiger partial charge in [0.2, 0.25) is 5.91 Å². The first-order chi connectivity index (χ1) is 12.5. The number of aliphatic hydroxyl groups is 1. The van der Waals surface area contributed by atoms with Crippen LogP contribution >= 0.6 is 0 Å². The number of unbranched alkanes of at least 4 members (excludes halogenated alkanes) is 5. The van der Waals surface area contributed by atoms with E-state index >= 15 is 0 Å². The fourth-order valence-corrected chi connectivity index (χ4v) is 3.21. The van der Waals surface area contributed by atoms with Crippen LogP contribution in [0, 0.1) is 4.91 Å². The lowest BCUT2D eigenvalue weighted by Gasteiger charge is -2.30. The number of hydrogen-bond acceptors (Lipinski definition) is 4. The van der Waals surface area contributed by atoms with E-state index in [4.69, 9.17) is 0 Å². The number of benzene rings is 1. The zero-order chi connectivity index (χ0) is 19.3. The van der Waals surface area contributed by atoms with E-state index in [-0.39, 0.29) is 19.1 Å². The number of nitrogens with zero attached hydrogens (tertiary/aromatic N) is 1. The SMILES string of the molecule is CCCCCCCCc1ccc(CCC(CO)(CN=O)NC(C)=O)cc1. The second-order valence-corrected chi connectivity index (χ2v) is 7.24. The molecule has 1 aromatic rings. The number of carbonyl (C=O) groups excluding carboxylic acids is 1. The van der Waals surface area contributed by atoms with Crippen LogP contribution < -0.4 is 5.32 Å². The molecule has 0 fully saturated rings. The summed E-state index contributed by atoms with van der Waals surface area (Å²) in [4.78, 5) is 22.1. The number of amides is 1. The highest BCUT2D eigenvalue weighted by atomic mass is 16.3. The maximum absolute atomic E-state index is 11.4. The fraction of sp³-hybridized carbons (Fsp3) is 0.667. The molecule has 0 aliphatic rings. The molecule has 0 saturated heterocycles. The predicted molar refractivity (Wildman–Crippen MR) is 106 cm³/mol. The summed E-state index contributed by atoms with van der Waals surface area (Å²) in [7, 11) is 0. The average molecular weight is 363 g/mol. The quantitative estimate of drug-likeness (QED) is 0.385. The van der Waals surface area contributed by atoms with Gasteiger partial charge < -0.3 is 10.4 Å². The van der Waals surface area contributed by atoms with Crippen LogP contribution in [0.2, 0.25) is 0 Å². The van der Waals surface area contributed by atoms with E-state index in [0.717, 1.165) is 12.0 Å². The van der Waals surface area contributed by atoms with Crippen LogP contribution in [0.25, 0.3) is 0 Å². The van der Waals surface area contributed by atoms with Crippen molar-refractivity contribution in [3.05, 3.63) is 40.3 Å². The normalized spacial score (nSPS) is 13.2. The summed E-state index contributed by atoms with van der Waals surface area (Å²) < 4.78 is 0. The molecule has 0 spiro atoms. The molecule has 0 heterocycles. The highest BCUT2D eigenvalue weighted by Crippen LogP contribution is 2.17. The smallest absolute Gasteiger partial charge is 0.217 e. The minimum Gasteiger partial charge on any atom is -0.394 e. The van der Waals surface area contributed by atoms with Crippen LogP contribution in [0.15, 0.2) is 29.4 Å². The molecule has 0 aliphatic heterocycles. The van der Waals surface area contributed by atoms with E-state index in [1.165, 1.54) is 51.0 Å². The molecular formula is C21H34N2O3. The van der Waals surface area contributed by atoms with Crippen molar-refractivity contribution in [3.8, 4) is 0 Å². The van der Waals surface area contributed by atoms with Crippen LogP contribution in [0.3, 0.4) is 0 Å². The van der Waals surface area contributed by atoms with Crippen LogP contribution in [0.4, 0.5) is 0 Å². The number of nitrogens with one attached hydrogen (secondary N) is 1. The maximum Gasteiger partial charge on any atom is 0.217 e. The van der Waals surface area contributed by atoms with Gasteiger partial charge in [0, 0.05) is 6.92 Å². The predicted octanol–water partition coefficient (Wildman–Crippen LogP) is 4.16. The van der Waals surface area contributed by atoms with Crippen LogP contribution in [0.1, 0.15) is 69.9 Å². The lowest BCUT2D eigenvalue weighted by Crippen LogP contribution is -2.53. The standard InChI is InChI=1S/C21H34N2O3/c1-3-4-5-6-7-8-9-19-10-12-20(13-11-19)14-15-21(17-24,16-22-26)23-18(2)25/h10-13,24H,3-9,14-17H2,1-2H3,(H,23,25). The molecule has 0 aromatic heterocycles. The maximum atomic E-state index is 11.4. The lowest BCUT2D eigenvalue weighted by molar-refractivity contribution is -0.121. The Labute approximate surface area is 157 Å². The Morgan fingerprint density at radius 3 is 2.15 bits per heavy atom. The first-order valence-corrected chi connectivity index (χ1v) is 9.82. The molecule has 1 rings (SSSR count). The number of hydrogen-bond donors (Lipinski definition) is 2. The van der Waals surface area contributed by atoms with Gasteiger partial charge in [-0.2, -0.15) is 4.91 Å². The Morgan fingerprint density at radius 1 is 1.04 bits per heavy atom. The van der Waals surface area contributed by atoms with Crippen molar-refractivity contribution in [1.82, 2.24) is 5.32 Å². The summed E-state index contributed by atoms with van der Waals surface area (Å²) in [6.07, 6.45) is 10.1. The number of rotatable bonds is 14. The Morgan fingerprint density at radius 2 is 1.62 bits per heavy atom. The first-order valence-electron chi connectivity index (χ1n) is 9.82. The minimum atomic E-state index is -0.968.